The number of rotatable bonds is 1. The molecule has 0 saturated heterocycles. The van der Waals surface area contributed by atoms with Crippen LogP contribution in [0.5, 0.6) is 0 Å². The van der Waals surface area contributed by atoms with Gasteiger partial charge in [0.1, 0.15) is 5.69 Å². The van der Waals surface area contributed by atoms with E-state index in [1.807, 2.05) is 6.07 Å². The van der Waals surface area contributed by atoms with E-state index in [1.165, 1.54) is 4.52 Å². The first kappa shape index (κ1) is 9.85. The Balaban J connectivity index is 2.31. The van der Waals surface area contributed by atoms with Crippen LogP contribution in [0, 0.1) is 4.77 Å². The zero-order chi connectivity index (χ0) is 11.8. The number of fused-ring (bicyclic) bond motifs is 1. The summed E-state index contributed by atoms with van der Waals surface area (Å²) in [6.45, 7) is 0. The van der Waals surface area contributed by atoms with Gasteiger partial charge in [0, 0.05) is 6.20 Å². The molecule has 3 heterocycles. The summed E-state index contributed by atoms with van der Waals surface area (Å²) in [6, 6.07) is 5.41. The minimum absolute atomic E-state index is 0.106. The molecule has 0 saturated carbocycles. The molecular formula is C9H6N6OS. The Kier molecular flexibility index (Phi) is 2.08. The lowest BCUT2D eigenvalue weighted by Crippen LogP contribution is -2.18. The van der Waals surface area contributed by atoms with Crippen molar-refractivity contribution in [1.29, 1.82) is 0 Å². The van der Waals surface area contributed by atoms with Gasteiger partial charge >= 0.3 is 5.69 Å². The first-order chi connectivity index (χ1) is 8.24. The second-order valence-corrected chi connectivity index (χ2v) is 3.66. The molecule has 3 aromatic heterocycles. The van der Waals surface area contributed by atoms with Gasteiger partial charge in [0.15, 0.2) is 5.82 Å². The number of aromatic nitrogens is 6. The molecule has 0 aliphatic heterocycles. The zero-order valence-electron chi connectivity index (χ0n) is 8.41. The van der Waals surface area contributed by atoms with Crippen molar-refractivity contribution in [3.63, 3.8) is 0 Å². The van der Waals surface area contributed by atoms with Gasteiger partial charge in [-0.3, -0.25) is 15.1 Å². The SMILES string of the molecule is O=c1[nH]c(=S)nc2nc(-c3ccccn3)[nH]n12. The largest absolute Gasteiger partial charge is 0.349 e. The first-order valence-electron chi connectivity index (χ1n) is 4.74. The monoisotopic (exact) mass is 246 g/mol. The Morgan fingerprint density at radius 3 is 2.94 bits per heavy atom. The maximum atomic E-state index is 11.6. The molecule has 0 bridgehead atoms. The van der Waals surface area contributed by atoms with Crippen LogP contribution in [0.3, 0.4) is 0 Å². The van der Waals surface area contributed by atoms with Crippen molar-refractivity contribution in [3.05, 3.63) is 39.7 Å². The van der Waals surface area contributed by atoms with E-state index in [2.05, 4.69) is 25.0 Å². The van der Waals surface area contributed by atoms with Crippen LogP contribution >= 0.6 is 12.2 Å². The Morgan fingerprint density at radius 2 is 2.18 bits per heavy atom. The predicted octanol–water partition coefficient (Wildman–Crippen LogP) is 0.537. The van der Waals surface area contributed by atoms with E-state index in [0.29, 0.717) is 11.5 Å². The van der Waals surface area contributed by atoms with E-state index in [4.69, 9.17) is 12.2 Å². The number of pyridine rings is 1. The van der Waals surface area contributed by atoms with Crippen LogP contribution in [-0.4, -0.2) is 29.5 Å². The van der Waals surface area contributed by atoms with Gasteiger partial charge in [-0.1, -0.05) is 6.07 Å². The molecule has 0 amide bonds. The fourth-order valence-electron chi connectivity index (χ4n) is 1.43. The van der Waals surface area contributed by atoms with Crippen molar-refractivity contribution < 1.29 is 0 Å². The molecule has 3 rings (SSSR count). The normalized spacial score (nSPS) is 10.8. The molecule has 0 spiro atoms. The number of nitrogens with one attached hydrogen (secondary N) is 2. The summed E-state index contributed by atoms with van der Waals surface area (Å²) in [4.78, 5) is 26.2. The van der Waals surface area contributed by atoms with Gasteiger partial charge in [0.2, 0.25) is 4.77 Å². The maximum absolute atomic E-state index is 11.6. The van der Waals surface area contributed by atoms with Gasteiger partial charge in [-0.05, 0) is 24.4 Å². The van der Waals surface area contributed by atoms with E-state index in [-0.39, 0.29) is 10.5 Å². The maximum Gasteiger partial charge on any atom is 0.349 e. The molecule has 0 fully saturated rings. The summed E-state index contributed by atoms with van der Waals surface area (Å²) >= 11 is 4.80. The quantitative estimate of drug-likeness (QED) is 0.611. The van der Waals surface area contributed by atoms with Crippen LogP contribution in [0.2, 0.25) is 0 Å². The van der Waals surface area contributed by atoms with Gasteiger partial charge in [0.05, 0.1) is 0 Å². The molecule has 0 radical (unpaired) electrons. The average molecular weight is 246 g/mol. The predicted molar refractivity (Wildman–Crippen MR) is 62.0 cm³/mol. The second kappa shape index (κ2) is 3.59. The third-order valence-electron chi connectivity index (χ3n) is 2.16. The molecule has 3 aromatic rings. The van der Waals surface area contributed by atoms with Crippen LogP contribution in [0.1, 0.15) is 0 Å². The van der Waals surface area contributed by atoms with E-state index in [0.717, 1.165) is 0 Å². The lowest BCUT2D eigenvalue weighted by atomic mass is 10.3. The summed E-state index contributed by atoms with van der Waals surface area (Å²) in [7, 11) is 0. The van der Waals surface area contributed by atoms with Gasteiger partial charge < -0.3 is 0 Å². The minimum atomic E-state index is -0.408. The average Bonchev–Trinajstić information content (AvgIpc) is 2.74. The molecule has 84 valence electrons. The van der Waals surface area contributed by atoms with Crippen molar-refractivity contribution in [2.45, 2.75) is 0 Å². The van der Waals surface area contributed by atoms with Crippen molar-refractivity contribution >= 4 is 18.0 Å². The highest BCUT2D eigenvalue weighted by Gasteiger charge is 2.07. The number of hydrogen-bond donors (Lipinski definition) is 2. The first-order valence-corrected chi connectivity index (χ1v) is 5.15. The number of aromatic amines is 2. The van der Waals surface area contributed by atoms with E-state index in [9.17, 15) is 4.79 Å². The van der Waals surface area contributed by atoms with E-state index in [1.54, 1.807) is 18.3 Å². The fraction of sp³-hybridized carbons (Fsp3) is 0. The molecular weight excluding hydrogens is 240 g/mol. The molecule has 0 atom stereocenters. The van der Waals surface area contributed by atoms with Gasteiger partial charge in [0.25, 0.3) is 5.78 Å². The minimum Gasteiger partial charge on any atom is -0.281 e. The van der Waals surface area contributed by atoms with Gasteiger partial charge in [-0.25, -0.2) is 4.79 Å². The van der Waals surface area contributed by atoms with Gasteiger partial charge in [-0.15, -0.1) is 0 Å². The number of nitrogens with zero attached hydrogens (tertiary/aromatic N) is 4. The summed E-state index contributed by atoms with van der Waals surface area (Å²) in [6.07, 6.45) is 1.64. The molecule has 0 aliphatic carbocycles. The lowest BCUT2D eigenvalue weighted by Gasteiger charge is -1.91. The highest BCUT2D eigenvalue weighted by atomic mass is 32.1. The highest BCUT2D eigenvalue weighted by Crippen LogP contribution is 2.10. The molecule has 2 N–H and O–H groups in total. The Hall–Kier alpha value is -2.35. The third-order valence-corrected chi connectivity index (χ3v) is 2.35. The van der Waals surface area contributed by atoms with Crippen molar-refractivity contribution in [3.8, 4) is 11.5 Å². The molecule has 0 unspecified atom stereocenters. The Bertz CT molecular complexity index is 786. The zero-order valence-corrected chi connectivity index (χ0v) is 9.23. The topological polar surface area (TPSA) is 91.7 Å². The van der Waals surface area contributed by atoms with Crippen LogP contribution in [0.25, 0.3) is 17.3 Å². The second-order valence-electron chi connectivity index (χ2n) is 3.27. The number of H-pyrrole nitrogens is 2. The van der Waals surface area contributed by atoms with Gasteiger partial charge in [-0.2, -0.15) is 14.5 Å². The Labute approximate surface area is 99.2 Å². The van der Waals surface area contributed by atoms with Crippen LogP contribution in [0.15, 0.2) is 29.2 Å². The number of hydrogen-bond acceptors (Lipinski definition) is 5. The summed E-state index contributed by atoms with van der Waals surface area (Å²) in [5, 5.41) is 2.80. The lowest BCUT2D eigenvalue weighted by molar-refractivity contribution is 0.833. The summed E-state index contributed by atoms with van der Waals surface area (Å²) in [5.74, 6) is 0.684. The fourth-order valence-corrected chi connectivity index (χ4v) is 1.60. The van der Waals surface area contributed by atoms with Crippen LogP contribution in [0.4, 0.5) is 0 Å². The molecule has 17 heavy (non-hydrogen) atoms. The molecule has 7 nitrogen and oxygen atoms in total. The molecule has 0 aromatic carbocycles. The third kappa shape index (κ3) is 1.64. The van der Waals surface area contributed by atoms with Crippen LogP contribution < -0.4 is 5.69 Å². The Morgan fingerprint density at radius 1 is 1.29 bits per heavy atom. The molecule has 0 aliphatic rings. The summed E-state index contributed by atoms with van der Waals surface area (Å²) in [5.41, 5.74) is 0.220. The smallest absolute Gasteiger partial charge is 0.281 e. The molecule has 8 heteroatoms. The standard InChI is InChI=1S/C9H6N6OS/c16-9-13-8(17)12-7-11-6(14-15(7)9)5-3-1-2-4-10-5/h1-4H,(H2,11,12,13,14,16,17). The van der Waals surface area contributed by atoms with E-state index >= 15 is 0 Å². The van der Waals surface area contributed by atoms with Crippen LogP contribution in [-0.2, 0) is 0 Å². The summed E-state index contributed by atoms with van der Waals surface area (Å²) < 4.78 is 1.29. The van der Waals surface area contributed by atoms with E-state index < -0.39 is 5.69 Å². The van der Waals surface area contributed by atoms with Crippen molar-refractivity contribution in [1.82, 2.24) is 29.5 Å². The van der Waals surface area contributed by atoms with Crippen molar-refractivity contribution in [2.24, 2.45) is 0 Å². The van der Waals surface area contributed by atoms with Crippen molar-refractivity contribution in [2.75, 3.05) is 0 Å². The highest BCUT2D eigenvalue weighted by molar-refractivity contribution is 7.71.